The van der Waals surface area contributed by atoms with Crippen LogP contribution in [0.3, 0.4) is 0 Å². The zero-order chi connectivity index (χ0) is 23.6. The number of carbonyl (C=O) groups is 1. The molecule has 1 aromatic rings. The number of rotatable bonds is 5. The molecule has 1 heterocycles. The van der Waals surface area contributed by atoms with Gasteiger partial charge in [-0.3, -0.25) is 9.48 Å². The van der Waals surface area contributed by atoms with Crippen molar-refractivity contribution in [1.29, 1.82) is 0 Å². The van der Waals surface area contributed by atoms with E-state index in [1.807, 2.05) is 24.0 Å². The molecular formula is C28H45N3O2. The summed E-state index contributed by atoms with van der Waals surface area (Å²) >= 11 is 0. The normalized spacial score (nSPS) is 44.9. The zero-order valence-electron chi connectivity index (χ0n) is 21.5. The smallest absolute Gasteiger partial charge is 0.157 e. The fourth-order valence-electron chi connectivity index (χ4n) is 9.17. The molecule has 4 aliphatic rings. The van der Waals surface area contributed by atoms with Crippen molar-refractivity contribution in [3.8, 4) is 0 Å². The van der Waals surface area contributed by atoms with E-state index in [1.54, 1.807) is 0 Å². The van der Waals surface area contributed by atoms with Crippen LogP contribution in [-0.4, -0.2) is 45.3 Å². The van der Waals surface area contributed by atoms with Crippen molar-refractivity contribution in [3.05, 3.63) is 18.0 Å². The SMILES string of the molecule is CN(C)Cc1cnn(CC(=O)[C@H]2CC[C@H]3[C@@H]4CC[C@@H]5C[C@](C)(O)CC[C@]5(C)[C@H]4CC[C@]23C)c1. The van der Waals surface area contributed by atoms with E-state index in [-0.39, 0.29) is 11.3 Å². The first-order chi connectivity index (χ1) is 15.5. The van der Waals surface area contributed by atoms with Crippen molar-refractivity contribution in [2.75, 3.05) is 14.1 Å². The fourth-order valence-corrected chi connectivity index (χ4v) is 9.17. The molecule has 5 rings (SSSR count). The molecular weight excluding hydrogens is 410 g/mol. The Morgan fingerprint density at radius 1 is 1.06 bits per heavy atom. The summed E-state index contributed by atoms with van der Waals surface area (Å²) in [5.74, 6) is 3.48. The largest absolute Gasteiger partial charge is 0.390 e. The van der Waals surface area contributed by atoms with Crippen molar-refractivity contribution >= 4 is 5.78 Å². The van der Waals surface area contributed by atoms with Crippen LogP contribution in [0.25, 0.3) is 0 Å². The van der Waals surface area contributed by atoms with Crippen molar-refractivity contribution in [1.82, 2.24) is 14.7 Å². The van der Waals surface area contributed by atoms with Gasteiger partial charge in [0.1, 0.15) is 0 Å². The Balaban J connectivity index is 1.29. The molecule has 1 N–H and O–H groups in total. The van der Waals surface area contributed by atoms with Crippen molar-refractivity contribution in [3.63, 3.8) is 0 Å². The summed E-state index contributed by atoms with van der Waals surface area (Å²) in [6.07, 6.45) is 14.4. The first-order valence-electron chi connectivity index (χ1n) is 13.4. The van der Waals surface area contributed by atoms with Gasteiger partial charge < -0.3 is 10.0 Å². The predicted octanol–water partition coefficient (Wildman–Crippen LogP) is 4.92. The fraction of sp³-hybridized carbons (Fsp3) is 0.857. The second kappa shape index (κ2) is 8.19. The van der Waals surface area contributed by atoms with E-state index in [0.717, 1.165) is 37.6 Å². The average Bonchev–Trinajstić information content (AvgIpc) is 3.31. The lowest BCUT2D eigenvalue weighted by Crippen LogP contribution is -2.55. The molecule has 4 saturated carbocycles. The number of hydrogen-bond acceptors (Lipinski definition) is 4. The lowest BCUT2D eigenvalue weighted by atomic mass is 9.44. The third kappa shape index (κ3) is 4.01. The third-order valence-electron chi connectivity index (χ3n) is 10.8. The molecule has 4 aliphatic carbocycles. The number of hydrogen-bond donors (Lipinski definition) is 1. The van der Waals surface area contributed by atoms with Crippen LogP contribution in [0.4, 0.5) is 0 Å². The van der Waals surface area contributed by atoms with Gasteiger partial charge in [0.05, 0.1) is 18.3 Å². The highest BCUT2D eigenvalue weighted by atomic mass is 16.3. The molecule has 1 aromatic heterocycles. The van der Waals surface area contributed by atoms with Gasteiger partial charge in [-0.15, -0.1) is 0 Å². The maximum Gasteiger partial charge on any atom is 0.157 e. The minimum absolute atomic E-state index is 0.154. The molecule has 0 radical (unpaired) electrons. The zero-order valence-corrected chi connectivity index (χ0v) is 21.5. The summed E-state index contributed by atoms with van der Waals surface area (Å²) in [5, 5.41) is 15.2. The van der Waals surface area contributed by atoms with E-state index in [0.29, 0.717) is 29.6 Å². The molecule has 5 nitrogen and oxygen atoms in total. The first-order valence-corrected chi connectivity index (χ1v) is 13.4. The van der Waals surface area contributed by atoms with Gasteiger partial charge >= 0.3 is 0 Å². The molecule has 184 valence electrons. The standard InChI is InChI=1S/C28H45N3O2/c1-26(33)12-13-27(2)20(14-26)6-7-21-22-8-9-24(28(22,3)11-10-23(21)27)25(32)18-31-17-19(15-29-31)16-30(4)5/h15,17,20-24,33H,6-14,16,18H2,1-5H3/t20-,21+,22+,23+,24-,26-,27+,28+/m1/s1. The Labute approximate surface area is 200 Å². The molecule has 0 saturated heterocycles. The number of Topliss-reactive ketones (excluding diaryl/α,β-unsaturated/α-hetero) is 1. The van der Waals surface area contributed by atoms with Crippen molar-refractivity contribution < 1.29 is 9.90 Å². The predicted molar refractivity (Wildman–Crippen MR) is 130 cm³/mol. The first kappa shape index (κ1) is 23.5. The van der Waals surface area contributed by atoms with Crippen LogP contribution in [0, 0.1) is 40.4 Å². The minimum atomic E-state index is -0.468. The van der Waals surface area contributed by atoms with Crippen LogP contribution in [0.2, 0.25) is 0 Å². The average molecular weight is 456 g/mol. The Morgan fingerprint density at radius 3 is 2.58 bits per heavy atom. The molecule has 0 bridgehead atoms. The van der Waals surface area contributed by atoms with E-state index < -0.39 is 5.60 Å². The van der Waals surface area contributed by atoms with E-state index in [2.05, 4.69) is 37.9 Å². The second-order valence-corrected chi connectivity index (χ2v) is 13.3. The van der Waals surface area contributed by atoms with Crippen molar-refractivity contribution in [2.45, 2.75) is 97.2 Å². The van der Waals surface area contributed by atoms with Gasteiger partial charge in [0.2, 0.25) is 0 Å². The molecule has 0 aromatic carbocycles. The Kier molecular flexibility index (Phi) is 5.84. The summed E-state index contributed by atoms with van der Waals surface area (Å²) in [7, 11) is 4.12. The van der Waals surface area contributed by atoms with Crippen LogP contribution < -0.4 is 0 Å². The number of carbonyl (C=O) groups excluding carboxylic acids is 1. The number of aliphatic hydroxyl groups is 1. The maximum atomic E-state index is 13.5. The summed E-state index contributed by atoms with van der Waals surface area (Å²) < 4.78 is 1.86. The lowest BCUT2D eigenvalue weighted by Gasteiger charge is -2.61. The van der Waals surface area contributed by atoms with Crippen LogP contribution in [0.1, 0.15) is 84.1 Å². The van der Waals surface area contributed by atoms with Crippen LogP contribution in [0.15, 0.2) is 12.4 Å². The third-order valence-corrected chi connectivity index (χ3v) is 10.8. The van der Waals surface area contributed by atoms with Gasteiger partial charge in [-0.2, -0.15) is 5.10 Å². The van der Waals surface area contributed by atoms with Crippen LogP contribution >= 0.6 is 0 Å². The second-order valence-electron chi connectivity index (χ2n) is 13.3. The van der Waals surface area contributed by atoms with Gasteiger partial charge in [-0.25, -0.2) is 0 Å². The highest BCUT2D eigenvalue weighted by molar-refractivity contribution is 5.82. The topological polar surface area (TPSA) is 58.4 Å². The molecule has 8 atom stereocenters. The van der Waals surface area contributed by atoms with Gasteiger partial charge in [0.25, 0.3) is 0 Å². The van der Waals surface area contributed by atoms with E-state index in [4.69, 9.17) is 0 Å². The van der Waals surface area contributed by atoms with Gasteiger partial charge in [0, 0.05) is 24.2 Å². The summed E-state index contributed by atoms with van der Waals surface area (Å²) in [6.45, 7) is 8.32. The summed E-state index contributed by atoms with van der Waals surface area (Å²) in [6, 6.07) is 0. The molecule has 0 spiro atoms. The molecule has 33 heavy (non-hydrogen) atoms. The van der Waals surface area contributed by atoms with Crippen LogP contribution in [0.5, 0.6) is 0 Å². The van der Waals surface area contributed by atoms with Crippen LogP contribution in [-0.2, 0) is 17.9 Å². The quantitative estimate of drug-likeness (QED) is 0.684. The van der Waals surface area contributed by atoms with Gasteiger partial charge in [-0.1, -0.05) is 13.8 Å². The number of nitrogens with zero attached hydrogens (tertiary/aromatic N) is 3. The molecule has 0 unspecified atom stereocenters. The highest BCUT2D eigenvalue weighted by Gasteiger charge is 2.61. The number of ketones is 1. The Bertz CT molecular complexity index is 891. The highest BCUT2D eigenvalue weighted by Crippen LogP contribution is 2.68. The Morgan fingerprint density at radius 2 is 1.82 bits per heavy atom. The van der Waals surface area contributed by atoms with E-state index in [1.165, 1.54) is 44.1 Å². The Hall–Kier alpha value is -1.20. The molecule has 5 heteroatoms. The van der Waals surface area contributed by atoms with E-state index in [9.17, 15) is 9.90 Å². The van der Waals surface area contributed by atoms with Crippen molar-refractivity contribution in [2.24, 2.45) is 40.4 Å². The number of fused-ring (bicyclic) bond motifs is 5. The van der Waals surface area contributed by atoms with Gasteiger partial charge in [0.15, 0.2) is 5.78 Å². The summed E-state index contributed by atoms with van der Waals surface area (Å²) in [4.78, 5) is 15.7. The summed E-state index contributed by atoms with van der Waals surface area (Å²) in [5.41, 5.74) is 1.23. The minimum Gasteiger partial charge on any atom is -0.390 e. The molecule has 0 aliphatic heterocycles. The number of aromatic nitrogens is 2. The monoisotopic (exact) mass is 455 g/mol. The van der Waals surface area contributed by atoms with E-state index >= 15 is 0 Å². The lowest BCUT2D eigenvalue weighted by molar-refractivity contribution is -0.151. The molecule has 0 amide bonds. The molecule has 4 fully saturated rings. The van der Waals surface area contributed by atoms with Gasteiger partial charge in [-0.05, 0) is 113 Å². The maximum absolute atomic E-state index is 13.5.